The van der Waals surface area contributed by atoms with E-state index in [1.807, 2.05) is 86.6 Å². The molecule has 0 bridgehead atoms. The second kappa shape index (κ2) is 8.22. The molecule has 2 heterocycles. The van der Waals surface area contributed by atoms with Crippen LogP contribution in [0.1, 0.15) is 16.8 Å². The van der Waals surface area contributed by atoms with Gasteiger partial charge in [0.05, 0.1) is 11.4 Å². The van der Waals surface area contributed by atoms with E-state index >= 15 is 0 Å². The molecule has 166 valence electrons. The first-order chi connectivity index (χ1) is 15.9. The Morgan fingerprint density at radius 3 is 2.27 bits per heavy atom. The predicted molar refractivity (Wildman–Crippen MR) is 136 cm³/mol. The molecule has 0 saturated carbocycles. The number of anilines is 1. The molecule has 8 heteroatoms. The number of aromatic nitrogens is 2. The van der Waals surface area contributed by atoms with E-state index in [0.717, 1.165) is 16.8 Å². The van der Waals surface area contributed by atoms with Gasteiger partial charge in [-0.2, -0.15) is 5.10 Å². The SMILES string of the molecule is Cc1ccc(NP2(=O)c3c(C)nn(-c4ccccc4)c3N=C(c3ccccc3)N2C)cc1Cl. The number of para-hydroxylation sites is 1. The van der Waals surface area contributed by atoms with Gasteiger partial charge in [0.1, 0.15) is 11.1 Å². The van der Waals surface area contributed by atoms with Crippen LogP contribution in [0.5, 0.6) is 0 Å². The van der Waals surface area contributed by atoms with Crippen LogP contribution in [-0.4, -0.2) is 27.3 Å². The molecule has 3 aromatic carbocycles. The highest BCUT2D eigenvalue weighted by Gasteiger charge is 2.43. The van der Waals surface area contributed by atoms with Crippen LogP contribution in [0, 0.1) is 13.8 Å². The van der Waals surface area contributed by atoms with Crippen LogP contribution in [0.15, 0.2) is 83.9 Å². The van der Waals surface area contributed by atoms with Crippen LogP contribution in [0.3, 0.4) is 0 Å². The lowest BCUT2D eigenvalue weighted by atomic mass is 10.2. The minimum Gasteiger partial charge on any atom is -0.317 e. The molecule has 1 aliphatic heterocycles. The highest BCUT2D eigenvalue weighted by molar-refractivity contribution is 7.72. The molecule has 0 amide bonds. The molecule has 1 aliphatic rings. The maximum Gasteiger partial charge on any atom is 0.296 e. The molecule has 0 saturated heterocycles. The van der Waals surface area contributed by atoms with Crippen molar-refractivity contribution in [3.05, 3.63) is 101 Å². The second-order valence-corrected chi connectivity index (χ2v) is 10.8. The maximum absolute atomic E-state index is 14.8. The number of hydrogen-bond donors (Lipinski definition) is 1. The van der Waals surface area contributed by atoms with E-state index in [4.69, 9.17) is 21.7 Å². The number of amidine groups is 1. The molecular formula is C25H23ClN5OP. The first-order valence-electron chi connectivity index (χ1n) is 10.6. The first-order valence-corrected chi connectivity index (χ1v) is 12.6. The summed E-state index contributed by atoms with van der Waals surface area (Å²) in [6.07, 6.45) is 0. The molecule has 1 N–H and O–H groups in total. The van der Waals surface area contributed by atoms with E-state index in [-0.39, 0.29) is 0 Å². The van der Waals surface area contributed by atoms with Crippen LogP contribution in [0.2, 0.25) is 5.02 Å². The zero-order valence-electron chi connectivity index (χ0n) is 18.5. The van der Waals surface area contributed by atoms with Crippen molar-refractivity contribution in [3.8, 4) is 5.69 Å². The van der Waals surface area contributed by atoms with E-state index in [0.29, 0.717) is 33.4 Å². The molecule has 0 spiro atoms. The average Bonchev–Trinajstić information content (AvgIpc) is 3.17. The Morgan fingerprint density at radius 1 is 0.939 bits per heavy atom. The summed E-state index contributed by atoms with van der Waals surface area (Å²) in [4.78, 5) is 4.97. The van der Waals surface area contributed by atoms with Gasteiger partial charge in [-0.1, -0.05) is 66.2 Å². The lowest BCUT2D eigenvalue weighted by Gasteiger charge is -2.35. The molecule has 1 atom stereocenters. The number of nitrogens with zero attached hydrogens (tertiary/aromatic N) is 4. The van der Waals surface area contributed by atoms with Crippen molar-refractivity contribution in [2.75, 3.05) is 12.1 Å². The third-order valence-electron chi connectivity index (χ3n) is 5.73. The molecule has 6 nitrogen and oxygen atoms in total. The monoisotopic (exact) mass is 475 g/mol. The van der Waals surface area contributed by atoms with Gasteiger partial charge in [-0.05, 0) is 43.7 Å². The molecule has 1 aromatic heterocycles. The maximum atomic E-state index is 14.8. The van der Waals surface area contributed by atoms with Crippen molar-refractivity contribution in [1.29, 1.82) is 0 Å². The van der Waals surface area contributed by atoms with Gasteiger partial charge in [-0.15, -0.1) is 0 Å². The summed E-state index contributed by atoms with van der Waals surface area (Å²) >= 11 is 6.37. The summed E-state index contributed by atoms with van der Waals surface area (Å²) in [5, 5.41) is 9.24. The van der Waals surface area contributed by atoms with Crippen LogP contribution < -0.4 is 10.4 Å². The third kappa shape index (κ3) is 3.65. The van der Waals surface area contributed by atoms with Crippen molar-refractivity contribution < 1.29 is 4.57 Å². The van der Waals surface area contributed by atoms with Crippen molar-refractivity contribution in [1.82, 2.24) is 14.5 Å². The highest BCUT2D eigenvalue weighted by Crippen LogP contribution is 2.54. The lowest BCUT2D eigenvalue weighted by Crippen LogP contribution is -2.36. The summed E-state index contributed by atoms with van der Waals surface area (Å²) in [5.41, 5.74) is 4.01. The number of hydrogen-bond acceptors (Lipinski definition) is 3. The molecule has 0 radical (unpaired) electrons. The number of halogens is 1. The number of rotatable bonds is 4. The number of aliphatic imine (C=N–C) groups is 1. The quantitative estimate of drug-likeness (QED) is 0.362. The molecule has 5 rings (SSSR count). The van der Waals surface area contributed by atoms with E-state index in [2.05, 4.69) is 5.09 Å². The van der Waals surface area contributed by atoms with E-state index < -0.39 is 7.44 Å². The standard InChI is InChI=1S/C25H23ClN5OP/c1-17-14-15-20(16-22(17)26)29-33(32)23-18(2)28-31(21-12-8-5-9-13-21)25(23)27-24(30(33)3)19-10-6-4-7-11-19/h4-16H,1-3H3,(H,29,32). The molecule has 1 unspecified atom stereocenters. The van der Waals surface area contributed by atoms with Crippen LogP contribution in [0.4, 0.5) is 11.5 Å². The largest absolute Gasteiger partial charge is 0.317 e. The number of fused-ring (bicyclic) bond motifs is 1. The van der Waals surface area contributed by atoms with Gasteiger partial charge in [0.15, 0.2) is 5.82 Å². The highest BCUT2D eigenvalue weighted by atomic mass is 35.5. The third-order valence-corrected chi connectivity index (χ3v) is 8.87. The zero-order chi connectivity index (χ0) is 23.2. The summed E-state index contributed by atoms with van der Waals surface area (Å²) in [6, 6.07) is 25.1. The minimum atomic E-state index is -3.40. The zero-order valence-corrected chi connectivity index (χ0v) is 20.2. The fourth-order valence-corrected chi connectivity index (χ4v) is 6.53. The molecular weight excluding hydrogens is 453 g/mol. The summed E-state index contributed by atoms with van der Waals surface area (Å²) < 4.78 is 18.3. The van der Waals surface area contributed by atoms with Gasteiger partial charge in [0.25, 0.3) is 7.44 Å². The average molecular weight is 476 g/mol. The first kappa shape index (κ1) is 21.5. The fraction of sp³-hybridized carbons (Fsp3) is 0.120. The van der Waals surface area contributed by atoms with Crippen molar-refractivity contribution >= 4 is 41.7 Å². The van der Waals surface area contributed by atoms with Crippen molar-refractivity contribution in [2.24, 2.45) is 4.99 Å². The Balaban J connectivity index is 1.74. The predicted octanol–water partition coefficient (Wildman–Crippen LogP) is 6.10. The molecule has 0 fully saturated rings. The summed E-state index contributed by atoms with van der Waals surface area (Å²) in [7, 11) is -1.60. The van der Waals surface area contributed by atoms with Gasteiger partial charge < -0.3 is 5.09 Å². The van der Waals surface area contributed by atoms with Crippen LogP contribution in [0.25, 0.3) is 5.69 Å². The van der Waals surface area contributed by atoms with Gasteiger partial charge in [-0.25, -0.2) is 9.67 Å². The Bertz CT molecular complexity index is 1420. The van der Waals surface area contributed by atoms with Crippen LogP contribution in [-0.2, 0) is 4.57 Å². The normalized spacial score (nSPS) is 17.5. The molecule has 0 aliphatic carbocycles. The second-order valence-electron chi connectivity index (χ2n) is 7.98. The Morgan fingerprint density at radius 2 is 1.61 bits per heavy atom. The van der Waals surface area contributed by atoms with E-state index in [9.17, 15) is 4.57 Å². The fourth-order valence-electron chi connectivity index (χ4n) is 3.97. The smallest absolute Gasteiger partial charge is 0.296 e. The molecule has 33 heavy (non-hydrogen) atoms. The lowest BCUT2D eigenvalue weighted by molar-refractivity contribution is 0.553. The number of aryl methyl sites for hydroxylation is 2. The Hall–Kier alpha value is -3.34. The summed E-state index contributed by atoms with van der Waals surface area (Å²) in [5.74, 6) is 1.17. The topological polar surface area (TPSA) is 62.5 Å². The van der Waals surface area contributed by atoms with Gasteiger partial charge in [0, 0.05) is 23.3 Å². The minimum absolute atomic E-state index is 0.560. The van der Waals surface area contributed by atoms with Gasteiger partial charge >= 0.3 is 0 Å². The van der Waals surface area contributed by atoms with Crippen molar-refractivity contribution in [2.45, 2.75) is 13.8 Å². The van der Waals surface area contributed by atoms with Crippen LogP contribution >= 0.6 is 19.0 Å². The van der Waals surface area contributed by atoms with Gasteiger partial charge in [-0.3, -0.25) is 9.24 Å². The number of benzene rings is 3. The number of nitrogens with one attached hydrogen (secondary N) is 1. The van der Waals surface area contributed by atoms with E-state index in [1.54, 1.807) is 22.5 Å². The molecule has 4 aromatic rings. The van der Waals surface area contributed by atoms with Gasteiger partial charge in [0.2, 0.25) is 0 Å². The van der Waals surface area contributed by atoms with E-state index in [1.165, 1.54) is 0 Å². The Labute approximate surface area is 198 Å². The Kier molecular flexibility index (Phi) is 5.35. The summed E-state index contributed by atoms with van der Waals surface area (Å²) in [6.45, 7) is 3.80. The van der Waals surface area contributed by atoms with Crippen molar-refractivity contribution in [3.63, 3.8) is 0 Å².